The smallest absolute Gasteiger partial charge is 0.309 e. The van der Waals surface area contributed by atoms with Crippen LogP contribution in [-0.2, 0) is 4.79 Å². The first-order valence-corrected chi connectivity index (χ1v) is 4.02. The second-order valence-corrected chi connectivity index (χ2v) is 2.81. The molecule has 1 heterocycles. The van der Waals surface area contributed by atoms with Gasteiger partial charge in [-0.1, -0.05) is 18.2 Å². The number of esters is 1. The molecule has 0 saturated heterocycles. The average Bonchev–Trinajstić information content (AvgIpc) is 2.44. The number of rotatable bonds is 1. The summed E-state index contributed by atoms with van der Waals surface area (Å²) in [6.45, 7) is 1.38. The summed E-state index contributed by atoms with van der Waals surface area (Å²) < 4.78 is 4.90. The third-order valence-corrected chi connectivity index (χ3v) is 1.76. The van der Waals surface area contributed by atoms with Crippen LogP contribution in [0.5, 0.6) is 5.88 Å². The van der Waals surface area contributed by atoms with Crippen molar-refractivity contribution in [1.29, 1.82) is 0 Å². The molecule has 0 bridgehead atoms. The van der Waals surface area contributed by atoms with E-state index in [0.29, 0.717) is 5.88 Å². The summed E-state index contributed by atoms with van der Waals surface area (Å²) in [4.78, 5) is 13.6. The van der Waals surface area contributed by atoms with E-state index in [1.807, 2.05) is 24.3 Å². The van der Waals surface area contributed by atoms with Gasteiger partial charge >= 0.3 is 5.97 Å². The van der Waals surface area contributed by atoms with Gasteiger partial charge in [0.05, 0.1) is 0 Å². The van der Waals surface area contributed by atoms with Crippen LogP contribution in [0.4, 0.5) is 0 Å². The van der Waals surface area contributed by atoms with Gasteiger partial charge in [-0.25, -0.2) is 0 Å². The Kier molecular flexibility index (Phi) is 1.77. The summed E-state index contributed by atoms with van der Waals surface area (Å²) in [5, 5.41) is 1.04. The molecular weight excluding hydrogens is 166 g/mol. The lowest BCUT2D eigenvalue weighted by atomic mass is 10.3. The Bertz CT molecular complexity index is 412. The molecule has 0 unspecified atom stereocenters. The van der Waals surface area contributed by atoms with E-state index in [1.54, 1.807) is 6.07 Å². The molecule has 1 N–H and O–H groups in total. The van der Waals surface area contributed by atoms with Crippen LogP contribution in [-0.4, -0.2) is 11.0 Å². The Morgan fingerprint density at radius 1 is 1.38 bits per heavy atom. The van der Waals surface area contributed by atoms with E-state index in [2.05, 4.69) is 4.98 Å². The number of carbonyl (C=O) groups is 1. The molecule has 3 heteroatoms. The lowest BCUT2D eigenvalue weighted by Gasteiger charge is -1.93. The van der Waals surface area contributed by atoms with Crippen molar-refractivity contribution in [2.24, 2.45) is 0 Å². The van der Waals surface area contributed by atoms with Crippen molar-refractivity contribution in [3.8, 4) is 5.88 Å². The highest BCUT2D eigenvalue weighted by molar-refractivity contribution is 5.82. The summed E-state index contributed by atoms with van der Waals surface area (Å²) in [5.74, 6) is 0.181. The molecule has 3 nitrogen and oxygen atoms in total. The van der Waals surface area contributed by atoms with Crippen molar-refractivity contribution in [3.05, 3.63) is 30.3 Å². The molecule has 66 valence electrons. The predicted octanol–water partition coefficient (Wildman–Crippen LogP) is 2.09. The zero-order valence-corrected chi connectivity index (χ0v) is 7.20. The van der Waals surface area contributed by atoms with Gasteiger partial charge in [0.25, 0.3) is 0 Å². The van der Waals surface area contributed by atoms with Gasteiger partial charge in [0.15, 0.2) is 0 Å². The third kappa shape index (κ3) is 1.54. The van der Waals surface area contributed by atoms with E-state index in [1.165, 1.54) is 6.92 Å². The molecule has 0 aliphatic heterocycles. The fraction of sp³-hybridized carbons (Fsp3) is 0.100. The molecule has 1 aromatic carbocycles. The summed E-state index contributed by atoms with van der Waals surface area (Å²) in [6.07, 6.45) is 0. The standard InChI is InChI=1S/C10H9NO2/c1-7(12)13-10-6-8-4-2-3-5-9(8)11-10/h2-6,11H,1H3. The molecule has 0 atom stereocenters. The van der Waals surface area contributed by atoms with Crippen molar-refractivity contribution in [1.82, 2.24) is 4.98 Å². The largest absolute Gasteiger partial charge is 0.410 e. The molecule has 2 rings (SSSR count). The molecular formula is C10H9NO2. The molecule has 0 amide bonds. The molecule has 0 aliphatic carbocycles. The number of fused-ring (bicyclic) bond motifs is 1. The summed E-state index contributed by atoms with van der Waals surface area (Å²) in [5.41, 5.74) is 0.971. The minimum atomic E-state index is -0.313. The number of hydrogen-bond acceptors (Lipinski definition) is 2. The van der Waals surface area contributed by atoms with Gasteiger partial charge in [-0.05, 0) is 6.07 Å². The van der Waals surface area contributed by atoms with E-state index < -0.39 is 0 Å². The van der Waals surface area contributed by atoms with Gasteiger partial charge in [-0.15, -0.1) is 0 Å². The summed E-state index contributed by atoms with van der Waals surface area (Å²) in [6, 6.07) is 9.56. The molecule has 0 spiro atoms. The molecule has 2 aromatic rings. The summed E-state index contributed by atoms with van der Waals surface area (Å²) >= 11 is 0. The van der Waals surface area contributed by atoms with E-state index in [4.69, 9.17) is 4.74 Å². The number of benzene rings is 1. The molecule has 1 aromatic heterocycles. The lowest BCUT2D eigenvalue weighted by molar-refractivity contribution is -0.132. The monoisotopic (exact) mass is 175 g/mol. The number of ether oxygens (including phenoxy) is 1. The van der Waals surface area contributed by atoms with E-state index in [-0.39, 0.29) is 5.97 Å². The predicted molar refractivity (Wildman–Crippen MR) is 49.6 cm³/mol. The van der Waals surface area contributed by atoms with Gasteiger partial charge in [0.1, 0.15) is 0 Å². The van der Waals surface area contributed by atoms with Crippen molar-refractivity contribution in [2.75, 3.05) is 0 Å². The first kappa shape index (κ1) is 7.86. The Morgan fingerprint density at radius 2 is 2.15 bits per heavy atom. The normalized spacial score (nSPS) is 10.2. The Labute approximate surface area is 75.3 Å². The zero-order chi connectivity index (χ0) is 9.26. The third-order valence-electron chi connectivity index (χ3n) is 1.76. The van der Waals surface area contributed by atoms with Gasteiger partial charge < -0.3 is 9.72 Å². The number of aromatic amines is 1. The topological polar surface area (TPSA) is 42.1 Å². The minimum absolute atomic E-state index is 0.313. The Balaban J connectivity index is 2.44. The number of H-pyrrole nitrogens is 1. The lowest BCUT2D eigenvalue weighted by Crippen LogP contribution is -2.00. The van der Waals surface area contributed by atoms with Crippen LogP contribution in [0.1, 0.15) is 6.92 Å². The molecule has 13 heavy (non-hydrogen) atoms. The molecule has 0 aliphatic rings. The van der Waals surface area contributed by atoms with Gasteiger partial charge in [-0.2, -0.15) is 0 Å². The first-order chi connectivity index (χ1) is 6.25. The van der Waals surface area contributed by atoms with Gasteiger partial charge in [-0.3, -0.25) is 4.79 Å². The van der Waals surface area contributed by atoms with Crippen molar-refractivity contribution in [3.63, 3.8) is 0 Å². The number of nitrogens with one attached hydrogen (secondary N) is 1. The highest BCUT2D eigenvalue weighted by Gasteiger charge is 2.01. The number of carbonyl (C=O) groups excluding carboxylic acids is 1. The van der Waals surface area contributed by atoms with Crippen LogP contribution in [0, 0.1) is 0 Å². The highest BCUT2D eigenvalue weighted by atomic mass is 16.5. The van der Waals surface area contributed by atoms with E-state index >= 15 is 0 Å². The fourth-order valence-corrected chi connectivity index (χ4v) is 1.26. The average molecular weight is 175 g/mol. The van der Waals surface area contributed by atoms with Crippen molar-refractivity contribution in [2.45, 2.75) is 6.92 Å². The maximum Gasteiger partial charge on any atom is 0.309 e. The number of aromatic nitrogens is 1. The van der Waals surface area contributed by atoms with Crippen LogP contribution in [0.15, 0.2) is 30.3 Å². The first-order valence-electron chi connectivity index (χ1n) is 4.02. The Morgan fingerprint density at radius 3 is 2.85 bits per heavy atom. The second kappa shape index (κ2) is 2.94. The van der Waals surface area contributed by atoms with E-state index in [9.17, 15) is 4.79 Å². The van der Waals surface area contributed by atoms with Crippen molar-refractivity contribution >= 4 is 16.9 Å². The Hall–Kier alpha value is -1.77. The SMILES string of the molecule is CC(=O)Oc1cc2ccccc2[nH]1. The maximum absolute atomic E-state index is 10.6. The van der Waals surface area contributed by atoms with Gasteiger partial charge in [0.2, 0.25) is 5.88 Å². The van der Waals surface area contributed by atoms with Gasteiger partial charge in [0, 0.05) is 23.9 Å². The maximum atomic E-state index is 10.6. The van der Waals surface area contributed by atoms with Crippen LogP contribution in [0.2, 0.25) is 0 Å². The van der Waals surface area contributed by atoms with Crippen molar-refractivity contribution < 1.29 is 9.53 Å². The zero-order valence-electron chi connectivity index (χ0n) is 7.20. The number of para-hydroxylation sites is 1. The second-order valence-electron chi connectivity index (χ2n) is 2.81. The molecule has 0 fully saturated rings. The van der Waals surface area contributed by atoms with Crippen LogP contribution in [0.3, 0.4) is 0 Å². The fourth-order valence-electron chi connectivity index (χ4n) is 1.26. The van der Waals surface area contributed by atoms with Crippen LogP contribution in [0.25, 0.3) is 10.9 Å². The molecule has 0 saturated carbocycles. The summed E-state index contributed by atoms with van der Waals surface area (Å²) in [7, 11) is 0. The quantitative estimate of drug-likeness (QED) is 0.674. The molecule has 0 radical (unpaired) electrons. The van der Waals surface area contributed by atoms with Crippen LogP contribution < -0.4 is 4.74 Å². The minimum Gasteiger partial charge on any atom is -0.410 e. The van der Waals surface area contributed by atoms with E-state index in [0.717, 1.165) is 10.9 Å². The van der Waals surface area contributed by atoms with Crippen LogP contribution >= 0.6 is 0 Å². The highest BCUT2D eigenvalue weighted by Crippen LogP contribution is 2.19. The number of hydrogen-bond donors (Lipinski definition) is 1.